The fraction of sp³-hybridized carbons (Fsp3) is 0.900. The molecule has 1 N–H and O–H groups in total. The van der Waals surface area contributed by atoms with Crippen molar-refractivity contribution in [2.45, 2.75) is 38.8 Å². The topological polar surface area (TPSA) is 65.0 Å². The van der Waals surface area contributed by atoms with Crippen LogP contribution in [0.3, 0.4) is 0 Å². The molecule has 0 bridgehead atoms. The predicted octanol–water partition coefficient (Wildman–Crippen LogP) is 0.308. The number of carbonyl (C=O) groups excluding carboxylic acids is 1. The fourth-order valence-electron chi connectivity index (χ4n) is 1.53. The third kappa shape index (κ3) is 2.90. The molecule has 0 saturated carbocycles. The highest BCUT2D eigenvalue weighted by atomic mass is 16.7. The Hall–Kier alpha value is -0.650. The summed E-state index contributed by atoms with van der Waals surface area (Å²) in [5, 5.41) is 9.85. The second kappa shape index (κ2) is 4.47. The van der Waals surface area contributed by atoms with Gasteiger partial charge in [-0.05, 0) is 20.8 Å². The van der Waals surface area contributed by atoms with Crippen LogP contribution in [0.2, 0.25) is 0 Å². The molecule has 88 valence electrons. The molecular weight excluding hydrogens is 200 g/mol. The molecule has 0 aromatic carbocycles. The zero-order valence-corrected chi connectivity index (χ0v) is 9.52. The van der Waals surface area contributed by atoms with Gasteiger partial charge in [-0.2, -0.15) is 0 Å². The molecule has 0 aromatic rings. The maximum Gasteiger partial charge on any atom is 0.311 e. The van der Waals surface area contributed by atoms with Crippen molar-refractivity contribution in [3.05, 3.63) is 0 Å². The van der Waals surface area contributed by atoms with E-state index in [-0.39, 0.29) is 6.61 Å². The number of hydrogen-bond acceptors (Lipinski definition) is 5. The summed E-state index contributed by atoms with van der Waals surface area (Å²) < 4.78 is 15.3. The molecule has 1 fully saturated rings. The van der Waals surface area contributed by atoms with E-state index in [1.54, 1.807) is 20.8 Å². The molecule has 1 aliphatic heterocycles. The van der Waals surface area contributed by atoms with Crippen LogP contribution in [0.4, 0.5) is 0 Å². The summed E-state index contributed by atoms with van der Waals surface area (Å²) in [4.78, 5) is 11.2. The molecule has 0 aromatic heterocycles. The quantitative estimate of drug-likeness (QED) is 0.690. The van der Waals surface area contributed by atoms with Crippen molar-refractivity contribution >= 4 is 5.97 Å². The van der Waals surface area contributed by atoms with E-state index in [2.05, 4.69) is 4.74 Å². The molecule has 3 atom stereocenters. The number of carbonyl (C=O) groups is 1. The number of aliphatic hydroxyl groups excluding tert-OH is 1. The first-order valence-electron chi connectivity index (χ1n) is 4.95. The number of methoxy groups -OCH3 is 1. The lowest BCUT2D eigenvalue weighted by molar-refractivity contribution is -0.165. The van der Waals surface area contributed by atoms with Gasteiger partial charge in [-0.3, -0.25) is 4.79 Å². The summed E-state index contributed by atoms with van der Waals surface area (Å²) in [5.41, 5.74) is 0. The van der Waals surface area contributed by atoms with E-state index < -0.39 is 29.9 Å². The van der Waals surface area contributed by atoms with E-state index in [9.17, 15) is 9.90 Å². The van der Waals surface area contributed by atoms with Crippen LogP contribution < -0.4 is 0 Å². The molecule has 1 saturated heterocycles. The molecule has 0 spiro atoms. The Labute approximate surface area is 89.3 Å². The van der Waals surface area contributed by atoms with Gasteiger partial charge in [-0.1, -0.05) is 0 Å². The molecule has 0 radical (unpaired) electrons. The average Bonchev–Trinajstić information content (AvgIpc) is 2.55. The summed E-state index contributed by atoms with van der Waals surface area (Å²) >= 11 is 0. The van der Waals surface area contributed by atoms with Gasteiger partial charge in [0, 0.05) is 0 Å². The summed E-state index contributed by atoms with van der Waals surface area (Å²) in [6.45, 7) is 5.42. The summed E-state index contributed by atoms with van der Waals surface area (Å²) in [5.74, 6) is -1.75. The van der Waals surface area contributed by atoms with Crippen molar-refractivity contribution in [1.29, 1.82) is 0 Å². The lowest BCUT2D eigenvalue weighted by Crippen LogP contribution is -2.39. The number of esters is 1. The minimum atomic E-state index is -0.903. The standard InChI is InChI=1S/C10H18O5/c1-6(9(12)13-4)8(11)7-5-14-10(2,3)15-7/h6-8,11H,5H2,1-4H3/t6-,7?,8-/m1/s1. The van der Waals surface area contributed by atoms with Crippen LogP contribution in [-0.2, 0) is 19.0 Å². The van der Waals surface area contributed by atoms with Crippen LogP contribution in [0, 0.1) is 5.92 Å². The minimum absolute atomic E-state index is 0.287. The van der Waals surface area contributed by atoms with Crippen LogP contribution >= 0.6 is 0 Å². The zero-order chi connectivity index (χ0) is 11.6. The molecule has 1 aliphatic rings. The minimum Gasteiger partial charge on any atom is -0.469 e. The van der Waals surface area contributed by atoms with Gasteiger partial charge in [0.2, 0.25) is 0 Å². The van der Waals surface area contributed by atoms with E-state index in [1.807, 2.05) is 0 Å². The van der Waals surface area contributed by atoms with Crippen LogP contribution in [-0.4, -0.2) is 42.8 Å². The van der Waals surface area contributed by atoms with Gasteiger partial charge in [0.1, 0.15) is 6.10 Å². The van der Waals surface area contributed by atoms with E-state index in [1.165, 1.54) is 7.11 Å². The van der Waals surface area contributed by atoms with Crippen molar-refractivity contribution in [1.82, 2.24) is 0 Å². The molecule has 1 unspecified atom stereocenters. The van der Waals surface area contributed by atoms with Crippen LogP contribution in [0.25, 0.3) is 0 Å². The van der Waals surface area contributed by atoms with Gasteiger partial charge in [-0.25, -0.2) is 0 Å². The maximum absolute atomic E-state index is 11.2. The normalized spacial score (nSPS) is 28.5. The van der Waals surface area contributed by atoms with Crippen LogP contribution in [0.15, 0.2) is 0 Å². The zero-order valence-electron chi connectivity index (χ0n) is 9.52. The van der Waals surface area contributed by atoms with Gasteiger partial charge < -0.3 is 19.3 Å². The number of ether oxygens (including phenoxy) is 3. The van der Waals surface area contributed by atoms with Gasteiger partial charge in [0.15, 0.2) is 5.79 Å². The number of rotatable bonds is 3. The van der Waals surface area contributed by atoms with Gasteiger partial charge >= 0.3 is 5.97 Å². The monoisotopic (exact) mass is 218 g/mol. The van der Waals surface area contributed by atoms with E-state index in [0.29, 0.717) is 0 Å². The molecule has 1 rings (SSSR count). The highest BCUT2D eigenvalue weighted by Crippen LogP contribution is 2.26. The molecule has 0 aliphatic carbocycles. The lowest BCUT2D eigenvalue weighted by atomic mass is 10.0. The predicted molar refractivity (Wildman–Crippen MR) is 52.1 cm³/mol. The maximum atomic E-state index is 11.2. The van der Waals surface area contributed by atoms with Crippen molar-refractivity contribution < 1.29 is 24.1 Å². The molecule has 15 heavy (non-hydrogen) atoms. The summed E-state index contributed by atoms with van der Waals surface area (Å²) in [6.07, 6.45) is -1.38. The van der Waals surface area contributed by atoms with Crippen molar-refractivity contribution in [2.24, 2.45) is 5.92 Å². The van der Waals surface area contributed by atoms with Crippen molar-refractivity contribution in [3.63, 3.8) is 0 Å². The molecule has 5 nitrogen and oxygen atoms in total. The Kier molecular flexibility index (Phi) is 3.70. The third-order valence-corrected chi connectivity index (χ3v) is 2.50. The van der Waals surface area contributed by atoms with Crippen molar-refractivity contribution in [3.8, 4) is 0 Å². The van der Waals surface area contributed by atoms with Crippen molar-refractivity contribution in [2.75, 3.05) is 13.7 Å². The Morgan fingerprint density at radius 1 is 1.60 bits per heavy atom. The lowest BCUT2D eigenvalue weighted by Gasteiger charge is -2.23. The molecule has 1 heterocycles. The number of aliphatic hydroxyl groups is 1. The van der Waals surface area contributed by atoms with E-state index in [4.69, 9.17) is 9.47 Å². The first-order valence-corrected chi connectivity index (χ1v) is 4.95. The second-order valence-electron chi connectivity index (χ2n) is 4.17. The van der Waals surface area contributed by atoms with E-state index >= 15 is 0 Å². The molecule has 5 heteroatoms. The Bertz CT molecular complexity index is 238. The number of hydrogen-bond donors (Lipinski definition) is 1. The summed E-state index contributed by atoms with van der Waals surface area (Å²) in [7, 11) is 1.29. The third-order valence-electron chi connectivity index (χ3n) is 2.50. The van der Waals surface area contributed by atoms with Crippen LogP contribution in [0.1, 0.15) is 20.8 Å². The second-order valence-corrected chi connectivity index (χ2v) is 4.17. The molecule has 0 amide bonds. The van der Waals surface area contributed by atoms with Gasteiger partial charge in [0.05, 0.1) is 25.7 Å². The van der Waals surface area contributed by atoms with E-state index in [0.717, 1.165) is 0 Å². The first kappa shape index (κ1) is 12.4. The molecular formula is C10H18O5. The van der Waals surface area contributed by atoms with Crippen LogP contribution in [0.5, 0.6) is 0 Å². The van der Waals surface area contributed by atoms with Gasteiger partial charge in [-0.15, -0.1) is 0 Å². The fourth-order valence-corrected chi connectivity index (χ4v) is 1.53. The first-order chi connectivity index (χ1) is 6.87. The largest absolute Gasteiger partial charge is 0.469 e. The SMILES string of the molecule is COC(=O)[C@H](C)[C@@H](O)C1COC(C)(C)O1. The smallest absolute Gasteiger partial charge is 0.311 e. The highest BCUT2D eigenvalue weighted by molar-refractivity contribution is 5.72. The average molecular weight is 218 g/mol. The highest BCUT2D eigenvalue weighted by Gasteiger charge is 2.40. The Morgan fingerprint density at radius 3 is 2.60 bits per heavy atom. The Morgan fingerprint density at radius 2 is 2.20 bits per heavy atom. The van der Waals surface area contributed by atoms with Gasteiger partial charge in [0.25, 0.3) is 0 Å². The summed E-state index contributed by atoms with van der Waals surface area (Å²) in [6, 6.07) is 0. The Balaban J connectivity index is 2.55.